The van der Waals surface area contributed by atoms with Crippen molar-refractivity contribution in [1.82, 2.24) is 25.4 Å². The van der Waals surface area contributed by atoms with Gasteiger partial charge in [-0.1, -0.05) is 5.16 Å². The molecule has 0 aliphatic rings. The van der Waals surface area contributed by atoms with Gasteiger partial charge in [-0.2, -0.15) is 15.0 Å². The van der Waals surface area contributed by atoms with Gasteiger partial charge in [0.05, 0.1) is 12.2 Å². The third-order valence-corrected chi connectivity index (χ3v) is 3.13. The largest absolute Gasteiger partial charge is 0.361 e. The van der Waals surface area contributed by atoms with Gasteiger partial charge >= 0.3 is 0 Å². The third-order valence-electron chi connectivity index (χ3n) is 3.13. The Morgan fingerprint density at radius 1 is 1.04 bits per heavy atom. The molecule has 0 bridgehead atoms. The molecule has 0 aliphatic carbocycles. The summed E-state index contributed by atoms with van der Waals surface area (Å²) in [5, 5.41) is 6.56. The molecule has 23 heavy (non-hydrogen) atoms. The van der Waals surface area contributed by atoms with Gasteiger partial charge < -0.3 is 19.6 Å². The average Bonchev–Trinajstić information content (AvgIpc) is 2.83. The maximum absolute atomic E-state index is 12.3. The molecule has 1 amide bonds. The van der Waals surface area contributed by atoms with E-state index in [2.05, 4.69) is 25.4 Å². The SMILES string of the molecule is Cc1noc(C)c1C(=O)NCc1nc(N(C)C)nc(N(C)C)n1. The number of amides is 1. The van der Waals surface area contributed by atoms with Gasteiger partial charge in [0.2, 0.25) is 11.9 Å². The summed E-state index contributed by atoms with van der Waals surface area (Å²) in [6.45, 7) is 3.61. The topological polar surface area (TPSA) is 100 Å². The summed E-state index contributed by atoms with van der Waals surface area (Å²) in [7, 11) is 7.39. The fraction of sp³-hybridized carbons (Fsp3) is 0.500. The van der Waals surface area contributed by atoms with Gasteiger partial charge in [0, 0.05) is 28.2 Å². The maximum atomic E-state index is 12.3. The zero-order chi connectivity index (χ0) is 17.1. The van der Waals surface area contributed by atoms with Gasteiger partial charge in [0.25, 0.3) is 5.91 Å². The number of nitrogens with zero attached hydrogens (tertiary/aromatic N) is 6. The number of hydrogen-bond donors (Lipinski definition) is 1. The summed E-state index contributed by atoms with van der Waals surface area (Å²) in [5.41, 5.74) is 0.998. The van der Waals surface area contributed by atoms with Crippen molar-refractivity contribution in [2.24, 2.45) is 0 Å². The lowest BCUT2D eigenvalue weighted by Gasteiger charge is -2.16. The number of aryl methyl sites for hydroxylation is 2. The van der Waals surface area contributed by atoms with E-state index in [1.54, 1.807) is 23.6 Å². The summed E-state index contributed by atoms with van der Waals surface area (Å²) in [4.78, 5) is 28.8. The minimum Gasteiger partial charge on any atom is -0.361 e. The Morgan fingerprint density at radius 2 is 1.61 bits per heavy atom. The maximum Gasteiger partial charge on any atom is 0.257 e. The van der Waals surface area contributed by atoms with Crippen LogP contribution in [-0.4, -0.2) is 54.2 Å². The monoisotopic (exact) mass is 319 g/mol. The van der Waals surface area contributed by atoms with Gasteiger partial charge in [-0.05, 0) is 13.8 Å². The lowest BCUT2D eigenvalue weighted by Crippen LogP contribution is -2.27. The van der Waals surface area contributed by atoms with E-state index in [0.29, 0.717) is 34.7 Å². The molecule has 2 aromatic rings. The van der Waals surface area contributed by atoms with Crippen LogP contribution in [0.4, 0.5) is 11.9 Å². The summed E-state index contributed by atoms with van der Waals surface area (Å²) < 4.78 is 5.00. The summed E-state index contributed by atoms with van der Waals surface area (Å²) in [5.74, 6) is 1.76. The van der Waals surface area contributed by atoms with Crippen LogP contribution in [0.5, 0.6) is 0 Å². The van der Waals surface area contributed by atoms with Gasteiger partial charge in [-0.25, -0.2) is 0 Å². The number of anilines is 2. The Bertz CT molecular complexity index is 663. The Balaban J connectivity index is 2.18. The van der Waals surface area contributed by atoms with Crippen LogP contribution in [0, 0.1) is 13.8 Å². The van der Waals surface area contributed by atoms with Gasteiger partial charge in [0.1, 0.15) is 11.3 Å². The molecule has 9 heteroatoms. The zero-order valence-corrected chi connectivity index (χ0v) is 14.2. The van der Waals surface area contributed by atoms with E-state index in [9.17, 15) is 4.79 Å². The number of carbonyl (C=O) groups is 1. The number of rotatable bonds is 5. The minimum absolute atomic E-state index is 0.188. The first-order valence-corrected chi connectivity index (χ1v) is 7.10. The molecule has 2 aromatic heterocycles. The predicted octanol–water partition coefficient (Wildman–Crippen LogP) is 0.538. The molecule has 0 radical (unpaired) electrons. The third kappa shape index (κ3) is 3.74. The highest BCUT2D eigenvalue weighted by Gasteiger charge is 2.18. The Labute approximate surface area is 134 Å². The van der Waals surface area contributed by atoms with E-state index >= 15 is 0 Å². The van der Waals surface area contributed by atoms with E-state index in [1.165, 1.54) is 0 Å². The Hall–Kier alpha value is -2.71. The molecule has 2 rings (SSSR count). The van der Waals surface area contributed by atoms with E-state index in [0.717, 1.165) is 0 Å². The molecule has 0 spiro atoms. The van der Waals surface area contributed by atoms with Crippen molar-refractivity contribution in [3.8, 4) is 0 Å². The molecule has 1 N–H and O–H groups in total. The highest BCUT2D eigenvalue weighted by Crippen LogP contribution is 2.13. The molecular weight excluding hydrogens is 298 g/mol. The molecule has 0 fully saturated rings. The second-order valence-corrected chi connectivity index (χ2v) is 5.52. The van der Waals surface area contributed by atoms with Gasteiger partial charge in [-0.15, -0.1) is 0 Å². The van der Waals surface area contributed by atoms with Crippen LogP contribution in [0.15, 0.2) is 4.52 Å². The first kappa shape index (κ1) is 16.7. The van der Waals surface area contributed by atoms with Crippen LogP contribution < -0.4 is 15.1 Å². The molecule has 0 unspecified atom stereocenters. The van der Waals surface area contributed by atoms with Crippen LogP contribution in [-0.2, 0) is 6.54 Å². The van der Waals surface area contributed by atoms with E-state index in [-0.39, 0.29) is 12.5 Å². The smallest absolute Gasteiger partial charge is 0.257 e. The lowest BCUT2D eigenvalue weighted by molar-refractivity contribution is 0.0948. The molecule has 124 valence electrons. The highest BCUT2D eigenvalue weighted by molar-refractivity contribution is 5.95. The second-order valence-electron chi connectivity index (χ2n) is 5.52. The molecule has 9 nitrogen and oxygen atoms in total. The minimum atomic E-state index is -0.264. The summed E-state index contributed by atoms with van der Waals surface area (Å²) in [6, 6.07) is 0. The summed E-state index contributed by atoms with van der Waals surface area (Å²) >= 11 is 0. The predicted molar refractivity (Wildman–Crippen MR) is 85.6 cm³/mol. The molecule has 0 aliphatic heterocycles. The highest BCUT2D eigenvalue weighted by atomic mass is 16.5. The molecule has 0 atom stereocenters. The standard InChI is InChI=1S/C14H21N7O2/c1-8-11(9(2)23-19-8)12(22)15-7-10-16-13(20(3)4)18-14(17-10)21(5)6/h7H2,1-6H3,(H,15,22). The first-order chi connectivity index (χ1) is 10.8. The van der Waals surface area contributed by atoms with Crippen molar-refractivity contribution in [2.45, 2.75) is 20.4 Å². The first-order valence-electron chi connectivity index (χ1n) is 7.10. The molecule has 0 saturated carbocycles. The normalized spacial score (nSPS) is 10.5. The second kappa shape index (κ2) is 6.59. The Kier molecular flexibility index (Phi) is 4.77. The van der Waals surface area contributed by atoms with Crippen LogP contribution in [0.25, 0.3) is 0 Å². The van der Waals surface area contributed by atoms with Crippen molar-refractivity contribution in [3.05, 3.63) is 22.8 Å². The van der Waals surface area contributed by atoms with Crippen LogP contribution in [0.3, 0.4) is 0 Å². The quantitative estimate of drug-likeness (QED) is 0.852. The van der Waals surface area contributed by atoms with Crippen LogP contribution in [0.1, 0.15) is 27.6 Å². The zero-order valence-electron chi connectivity index (χ0n) is 14.2. The average molecular weight is 319 g/mol. The van der Waals surface area contributed by atoms with E-state index in [1.807, 2.05) is 28.2 Å². The Morgan fingerprint density at radius 3 is 2.04 bits per heavy atom. The fourth-order valence-electron chi connectivity index (χ4n) is 1.93. The number of carbonyl (C=O) groups excluding carboxylic acids is 1. The van der Waals surface area contributed by atoms with Crippen LogP contribution in [0.2, 0.25) is 0 Å². The fourth-order valence-corrected chi connectivity index (χ4v) is 1.93. The molecule has 2 heterocycles. The van der Waals surface area contributed by atoms with Crippen molar-refractivity contribution < 1.29 is 9.32 Å². The van der Waals surface area contributed by atoms with Crippen molar-refractivity contribution in [3.63, 3.8) is 0 Å². The van der Waals surface area contributed by atoms with Crippen LogP contribution >= 0.6 is 0 Å². The van der Waals surface area contributed by atoms with Crippen molar-refractivity contribution in [1.29, 1.82) is 0 Å². The molecule has 0 saturated heterocycles. The summed E-state index contributed by atoms with van der Waals surface area (Å²) in [6.07, 6.45) is 0. The molecule has 0 aromatic carbocycles. The number of nitrogens with one attached hydrogen (secondary N) is 1. The van der Waals surface area contributed by atoms with Crippen molar-refractivity contribution in [2.75, 3.05) is 38.0 Å². The number of aromatic nitrogens is 4. The van der Waals surface area contributed by atoms with Gasteiger partial charge in [-0.3, -0.25) is 4.79 Å². The lowest BCUT2D eigenvalue weighted by atomic mass is 10.2. The molecular formula is C14H21N7O2. The number of hydrogen-bond acceptors (Lipinski definition) is 8. The van der Waals surface area contributed by atoms with E-state index in [4.69, 9.17) is 4.52 Å². The van der Waals surface area contributed by atoms with Crippen molar-refractivity contribution >= 4 is 17.8 Å². The van der Waals surface area contributed by atoms with E-state index < -0.39 is 0 Å². The van der Waals surface area contributed by atoms with Gasteiger partial charge in [0.15, 0.2) is 5.82 Å².